The van der Waals surface area contributed by atoms with Gasteiger partial charge in [0, 0.05) is 17.2 Å². The fourth-order valence-electron chi connectivity index (χ4n) is 1.44. The number of pyridine rings is 1. The zero-order valence-electron chi connectivity index (χ0n) is 10.6. The minimum atomic E-state index is -0.867. The molecule has 0 atom stereocenters. The number of amides is 1. The summed E-state index contributed by atoms with van der Waals surface area (Å²) in [5, 5.41) is 11.3. The van der Waals surface area contributed by atoms with E-state index in [-0.39, 0.29) is 18.9 Å². The van der Waals surface area contributed by atoms with E-state index in [0.29, 0.717) is 18.9 Å². The molecule has 1 rings (SSSR count). The number of nitrogens with zero attached hydrogens (tertiary/aromatic N) is 2. The summed E-state index contributed by atoms with van der Waals surface area (Å²) in [5.41, 5.74) is 0. The van der Waals surface area contributed by atoms with E-state index in [1.165, 1.54) is 0 Å². The van der Waals surface area contributed by atoms with Crippen molar-refractivity contribution in [2.45, 2.75) is 13.3 Å². The van der Waals surface area contributed by atoms with E-state index in [1.807, 2.05) is 6.92 Å². The quantitative estimate of drug-likeness (QED) is 0.793. The van der Waals surface area contributed by atoms with Gasteiger partial charge in [-0.05, 0) is 34.6 Å². The first-order valence-corrected chi connectivity index (χ1v) is 6.66. The second-order valence-corrected chi connectivity index (χ2v) is 4.84. The van der Waals surface area contributed by atoms with E-state index < -0.39 is 5.97 Å². The first kappa shape index (κ1) is 15.6. The highest BCUT2D eigenvalue weighted by Gasteiger charge is 2.11. The molecule has 7 heteroatoms. The summed E-state index contributed by atoms with van der Waals surface area (Å²) in [6.07, 6.45) is 1.62. The van der Waals surface area contributed by atoms with E-state index in [9.17, 15) is 9.59 Å². The zero-order chi connectivity index (χ0) is 14.3. The summed E-state index contributed by atoms with van der Waals surface area (Å²) in [5.74, 6) is -0.599. The molecule has 1 heterocycles. The van der Waals surface area contributed by atoms with E-state index in [4.69, 9.17) is 5.11 Å². The van der Waals surface area contributed by atoms with Crippen LogP contribution in [0.25, 0.3) is 0 Å². The molecule has 0 saturated carbocycles. The van der Waals surface area contributed by atoms with Crippen molar-refractivity contribution in [1.29, 1.82) is 0 Å². The van der Waals surface area contributed by atoms with Crippen LogP contribution >= 0.6 is 15.9 Å². The first-order valence-electron chi connectivity index (χ1n) is 5.86. The van der Waals surface area contributed by atoms with Crippen molar-refractivity contribution >= 4 is 33.6 Å². The minimum absolute atomic E-state index is 0.0255. The third-order valence-electron chi connectivity index (χ3n) is 2.45. The maximum Gasteiger partial charge on any atom is 0.304 e. The van der Waals surface area contributed by atoms with E-state index >= 15 is 0 Å². The number of carbonyl (C=O) groups is 2. The zero-order valence-corrected chi connectivity index (χ0v) is 12.2. The molecule has 104 valence electrons. The van der Waals surface area contributed by atoms with Gasteiger partial charge < -0.3 is 10.4 Å². The summed E-state index contributed by atoms with van der Waals surface area (Å²) in [7, 11) is 0. The van der Waals surface area contributed by atoms with E-state index in [2.05, 4.69) is 26.2 Å². The Bertz CT molecular complexity index is 436. The van der Waals surface area contributed by atoms with Crippen LogP contribution in [0.1, 0.15) is 13.3 Å². The largest absolute Gasteiger partial charge is 0.481 e. The maximum atomic E-state index is 11.8. The summed E-state index contributed by atoms with van der Waals surface area (Å²) in [6.45, 7) is 3.01. The molecule has 19 heavy (non-hydrogen) atoms. The number of carboxylic acid groups (broad SMARTS) is 1. The van der Waals surface area contributed by atoms with Gasteiger partial charge in [-0.3, -0.25) is 14.5 Å². The van der Waals surface area contributed by atoms with E-state index in [0.717, 1.165) is 4.47 Å². The Labute approximate surface area is 120 Å². The van der Waals surface area contributed by atoms with Crippen LogP contribution in [0, 0.1) is 0 Å². The lowest BCUT2D eigenvalue weighted by Gasteiger charge is -2.18. The van der Waals surface area contributed by atoms with Gasteiger partial charge in [0.1, 0.15) is 5.82 Å². The highest BCUT2D eigenvalue weighted by molar-refractivity contribution is 9.10. The standard InChI is InChI=1S/C12H16BrN3O3/c1-2-16(6-5-12(18)19)8-11(17)15-10-4-3-9(13)7-14-10/h3-4,7H,2,5-6,8H2,1H3,(H,18,19)(H,14,15,17). The number of hydrogen-bond acceptors (Lipinski definition) is 4. The molecule has 0 aliphatic carbocycles. The number of anilines is 1. The van der Waals surface area contributed by atoms with Gasteiger partial charge in [-0.25, -0.2) is 4.98 Å². The number of rotatable bonds is 7. The molecule has 1 amide bonds. The molecule has 0 aliphatic rings. The Balaban J connectivity index is 2.44. The Morgan fingerprint density at radius 3 is 2.74 bits per heavy atom. The molecule has 0 aromatic carbocycles. The third kappa shape index (κ3) is 6.30. The highest BCUT2D eigenvalue weighted by atomic mass is 79.9. The van der Waals surface area contributed by atoms with Crippen LogP contribution < -0.4 is 5.32 Å². The number of nitrogens with one attached hydrogen (secondary N) is 1. The number of carbonyl (C=O) groups excluding carboxylic acids is 1. The Morgan fingerprint density at radius 1 is 1.47 bits per heavy atom. The molecule has 0 radical (unpaired) electrons. The number of aliphatic carboxylic acids is 1. The van der Waals surface area contributed by atoms with Crippen LogP contribution in [0.3, 0.4) is 0 Å². The molecule has 0 fully saturated rings. The average molecular weight is 330 g/mol. The second kappa shape index (κ2) is 7.85. The number of aromatic nitrogens is 1. The molecule has 0 spiro atoms. The van der Waals surface area contributed by atoms with Gasteiger partial charge in [0.2, 0.25) is 5.91 Å². The molecular weight excluding hydrogens is 314 g/mol. The summed E-state index contributed by atoms with van der Waals surface area (Å²) in [6, 6.07) is 3.47. The molecule has 0 aliphatic heterocycles. The monoisotopic (exact) mass is 329 g/mol. The number of hydrogen-bond donors (Lipinski definition) is 2. The number of halogens is 1. The van der Waals surface area contributed by atoms with Crippen molar-refractivity contribution in [1.82, 2.24) is 9.88 Å². The van der Waals surface area contributed by atoms with Crippen LogP contribution in [0.15, 0.2) is 22.8 Å². The summed E-state index contributed by atoms with van der Waals surface area (Å²) < 4.78 is 0.835. The third-order valence-corrected chi connectivity index (χ3v) is 2.92. The smallest absolute Gasteiger partial charge is 0.304 e. The number of likely N-dealkylation sites (N-methyl/N-ethyl adjacent to an activating group) is 1. The van der Waals surface area contributed by atoms with Crippen molar-refractivity contribution in [3.63, 3.8) is 0 Å². The molecule has 1 aromatic rings. The molecule has 0 bridgehead atoms. The SMILES string of the molecule is CCN(CCC(=O)O)CC(=O)Nc1ccc(Br)cn1. The molecule has 0 saturated heterocycles. The van der Waals surface area contributed by atoms with Crippen LogP contribution in [0.2, 0.25) is 0 Å². The summed E-state index contributed by atoms with van der Waals surface area (Å²) >= 11 is 3.26. The predicted molar refractivity (Wildman–Crippen MR) is 74.9 cm³/mol. The Hall–Kier alpha value is -1.47. The van der Waals surface area contributed by atoms with Gasteiger partial charge in [-0.1, -0.05) is 6.92 Å². The summed E-state index contributed by atoms with van der Waals surface area (Å²) in [4.78, 5) is 28.0. The lowest BCUT2D eigenvalue weighted by Crippen LogP contribution is -2.34. The fraction of sp³-hybridized carbons (Fsp3) is 0.417. The van der Waals surface area contributed by atoms with Gasteiger partial charge in [0.05, 0.1) is 13.0 Å². The van der Waals surface area contributed by atoms with Gasteiger partial charge >= 0.3 is 5.97 Å². The average Bonchev–Trinajstić information content (AvgIpc) is 2.37. The van der Waals surface area contributed by atoms with Crippen molar-refractivity contribution in [2.24, 2.45) is 0 Å². The maximum absolute atomic E-state index is 11.8. The van der Waals surface area contributed by atoms with Gasteiger partial charge in [-0.2, -0.15) is 0 Å². The van der Waals surface area contributed by atoms with Crippen LogP contribution in [-0.2, 0) is 9.59 Å². The van der Waals surface area contributed by atoms with Gasteiger partial charge in [0.25, 0.3) is 0 Å². The fourth-order valence-corrected chi connectivity index (χ4v) is 1.67. The molecule has 1 aromatic heterocycles. The molecule has 0 unspecified atom stereocenters. The predicted octanol–water partition coefficient (Wildman–Crippen LogP) is 1.58. The Kier molecular flexibility index (Phi) is 6.44. The van der Waals surface area contributed by atoms with Crippen LogP contribution in [-0.4, -0.2) is 46.5 Å². The lowest BCUT2D eigenvalue weighted by atomic mass is 10.3. The molecule has 2 N–H and O–H groups in total. The highest BCUT2D eigenvalue weighted by Crippen LogP contribution is 2.10. The van der Waals surface area contributed by atoms with Gasteiger partial charge in [-0.15, -0.1) is 0 Å². The Morgan fingerprint density at radius 2 is 2.21 bits per heavy atom. The van der Waals surface area contributed by atoms with Crippen molar-refractivity contribution in [3.05, 3.63) is 22.8 Å². The van der Waals surface area contributed by atoms with E-state index in [1.54, 1.807) is 23.2 Å². The number of carboxylic acids is 1. The van der Waals surface area contributed by atoms with Crippen LogP contribution in [0.4, 0.5) is 5.82 Å². The second-order valence-electron chi connectivity index (χ2n) is 3.92. The molecule has 6 nitrogen and oxygen atoms in total. The van der Waals surface area contributed by atoms with Crippen molar-refractivity contribution < 1.29 is 14.7 Å². The molecular formula is C12H16BrN3O3. The lowest BCUT2D eigenvalue weighted by molar-refractivity contribution is -0.137. The topological polar surface area (TPSA) is 82.5 Å². The van der Waals surface area contributed by atoms with Gasteiger partial charge in [0.15, 0.2) is 0 Å². The van der Waals surface area contributed by atoms with Crippen LogP contribution in [0.5, 0.6) is 0 Å². The minimum Gasteiger partial charge on any atom is -0.481 e. The van der Waals surface area contributed by atoms with Crippen molar-refractivity contribution in [2.75, 3.05) is 25.0 Å². The normalized spacial score (nSPS) is 10.5. The first-order chi connectivity index (χ1) is 9.01. The van der Waals surface area contributed by atoms with Crippen molar-refractivity contribution in [3.8, 4) is 0 Å².